The normalized spacial score (nSPS) is 10.1. The van der Waals surface area contributed by atoms with Crippen LogP contribution in [0.2, 0.25) is 0 Å². The van der Waals surface area contributed by atoms with Gasteiger partial charge in [0.05, 0.1) is 7.11 Å². The average molecular weight is 343 g/mol. The van der Waals surface area contributed by atoms with Gasteiger partial charge in [-0.3, -0.25) is 9.59 Å². The van der Waals surface area contributed by atoms with Crippen molar-refractivity contribution in [2.24, 2.45) is 0 Å². The second-order valence-electron chi connectivity index (χ2n) is 5.43. The van der Waals surface area contributed by atoms with Crippen molar-refractivity contribution in [2.75, 3.05) is 12.4 Å². The number of ether oxygens (including phenoxy) is 2. The fourth-order valence-corrected chi connectivity index (χ4v) is 2.22. The maximum atomic E-state index is 11.8. The predicted molar refractivity (Wildman–Crippen MR) is 94.2 cm³/mol. The molecule has 0 aliphatic carbocycles. The largest absolute Gasteiger partial charge is 0.493 e. The smallest absolute Gasteiger partial charge is 0.303 e. The van der Waals surface area contributed by atoms with Gasteiger partial charge in [-0.05, 0) is 49.2 Å². The molecule has 2 rings (SSSR count). The lowest BCUT2D eigenvalue weighted by molar-refractivity contribution is -0.137. The van der Waals surface area contributed by atoms with Crippen LogP contribution in [0.4, 0.5) is 5.69 Å². The van der Waals surface area contributed by atoms with Crippen LogP contribution >= 0.6 is 0 Å². The molecule has 0 spiro atoms. The number of aliphatic carboxylic acids is 1. The fourth-order valence-electron chi connectivity index (χ4n) is 2.22. The third kappa shape index (κ3) is 6.18. The van der Waals surface area contributed by atoms with Gasteiger partial charge in [-0.2, -0.15) is 0 Å². The van der Waals surface area contributed by atoms with Crippen LogP contribution in [0, 0.1) is 0 Å². The second-order valence-corrected chi connectivity index (χ2v) is 5.43. The third-order valence-electron chi connectivity index (χ3n) is 3.48. The van der Waals surface area contributed by atoms with Crippen LogP contribution < -0.4 is 14.8 Å². The SMILES string of the molecule is COc1ccccc1Oc1ccc(NC(=O)CCCCC(=O)O)cc1. The third-order valence-corrected chi connectivity index (χ3v) is 3.48. The molecule has 0 heterocycles. The number of carboxylic acids is 1. The zero-order valence-corrected chi connectivity index (χ0v) is 14.0. The van der Waals surface area contributed by atoms with E-state index in [2.05, 4.69) is 5.32 Å². The molecule has 0 unspecified atom stereocenters. The van der Waals surface area contributed by atoms with E-state index in [-0.39, 0.29) is 12.3 Å². The van der Waals surface area contributed by atoms with Gasteiger partial charge in [-0.25, -0.2) is 0 Å². The van der Waals surface area contributed by atoms with Crippen LogP contribution in [0.25, 0.3) is 0 Å². The molecule has 0 fully saturated rings. The Morgan fingerprint density at radius 1 is 0.960 bits per heavy atom. The molecule has 2 aromatic rings. The van der Waals surface area contributed by atoms with E-state index in [9.17, 15) is 9.59 Å². The molecule has 0 aliphatic rings. The number of benzene rings is 2. The number of carbonyl (C=O) groups excluding carboxylic acids is 1. The van der Waals surface area contributed by atoms with Crippen LogP contribution in [-0.4, -0.2) is 24.1 Å². The molecule has 2 N–H and O–H groups in total. The van der Waals surface area contributed by atoms with E-state index in [4.69, 9.17) is 14.6 Å². The van der Waals surface area contributed by atoms with Crippen molar-refractivity contribution in [3.63, 3.8) is 0 Å². The first-order chi connectivity index (χ1) is 12.1. The quantitative estimate of drug-likeness (QED) is 0.670. The number of carboxylic acid groups (broad SMARTS) is 1. The maximum absolute atomic E-state index is 11.8. The van der Waals surface area contributed by atoms with Crippen molar-refractivity contribution < 1.29 is 24.2 Å². The molecule has 6 nitrogen and oxygen atoms in total. The standard InChI is InChI=1S/C19H21NO5/c1-24-16-6-2-3-7-17(16)25-15-12-10-14(11-13-15)20-18(21)8-4-5-9-19(22)23/h2-3,6-7,10-13H,4-5,8-9H2,1H3,(H,20,21)(H,22,23). The van der Waals surface area contributed by atoms with Crippen molar-refractivity contribution in [1.29, 1.82) is 0 Å². The Bertz CT molecular complexity index is 712. The van der Waals surface area contributed by atoms with E-state index >= 15 is 0 Å². The highest BCUT2D eigenvalue weighted by Crippen LogP contribution is 2.31. The van der Waals surface area contributed by atoms with Gasteiger partial charge < -0.3 is 19.9 Å². The molecule has 0 aromatic heterocycles. The van der Waals surface area contributed by atoms with Gasteiger partial charge in [0.15, 0.2) is 11.5 Å². The van der Waals surface area contributed by atoms with Gasteiger partial charge in [-0.15, -0.1) is 0 Å². The van der Waals surface area contributed by atoms with Gasteiger partial charge in [0, 0.05) is 18.5 Å². The number of anilines is 1. The number of para-hydroxylation sites is 2. The Morgan fingerprint density at radius 2 is 1.60 bits per heavy atom. The van der Waals surface area contributed by atoms with Crippen LogP contribution in [0.1, 0.15) is 25.7 Å². The highest BCUT2D eigenvalue weighted by Gasteiger charge is 2.06. The first-order valence-electron chi connectivity index (χ1n) is 8.01. The summed E-state index contributed by atoms with van der Waals surface area (Å²) >= 11 is 0. The summed E-state index contributed by atoms with van der Waals surface area (Å²) in [5.41, 5.74) is 0.663. The lowest BCUT2D eigenvalue weighted by Gasteiger charge is -2.10. The first-order valence-corrected chi connectivity index (χ1v) is 8.01. The van der Waals surface area contributed by atoms with E-state index in [0.29, 0.717) is 42.2 Å². The number of amides is 1. The average Bonchev–Trinajstić information content (AvgIpc) is 2.61. The Hall–Kier alpha value is -3.02. The number of rotatable bonds is 9. The minimum Gasteiger partial charge on any atom is -0.493 e. The number of methoxy groups -OCH3 is 1. The molecule has 0 aliphatic heterocycles. The Morgan fingerprint density at radius 3 is 2.24 bits per heavy atom. The van der Waals surface area contributed by atoms with E-state index in [1.54, 1.807) is 31.4 Å². The summed E-state index contributed by atoms with van der Waals surface area (Å²) in [7, 11) is 1.58. The summed E-state index contributed by atoms with van der Waals surface area (Å²) in [6.45, 7) is 0. The second kappa shape index (κ2) is 9.32. The van der Waals surface area contributed by atoms with Crippen molar-refractivity contribution in [2.45, 2.75) is 25.7 Å². The monoisotopic (exact) mass is 343 g/mol. The molecule has 6 heteroatoms. The van der Waals surface area contributed by atoms with Crippen molar-refractivity contribution in [1.82, 2.24) is 0 Å². The number of hydrogen-bond acceptors (Lipinski definition) is 4. The van der Waals surface area contributed by atoms with Gasteiger partial charge in [0.1, 0.15) is 5.75 Å². The van der Waals surface area contributed by atoms with Gasteiger partial charge in [0.25, 0.3) is 0 Å². The topological polar surface area (TPSA) is 84.9 Å². The van der Waals surface area contributed by atoms with Gasteiger partial charge in [0.2, 0.25) is 5.91 Å². The lowest BCUT2D eigenvalue weighted by atomic mass is 10.2. The fraction of sp³-hybridized carbons (Fsp3) is 0.263. The number of hydrogen-bond donors (Lipinski definition) is 2. The Labute approximate surface area is 146 Å². The van der Waals surface area contributed by atoms with Gasteiger partial charge >= 0.3 is 5.97 Å². The van der Waals surface area contributed by atoms with Crippen molar-refractivity contribution >= 4 is 17.6 Å². The van der Waals surface area contributed by atoms with E-state index < -0.39 is 5.97 Å². The van der Waals surface area contributed by atoms with Crippen molar-refractivity contribution in [3.8, 4) is 17.2 Å². The summed E-state index contributed by atoms with van der Waals surface area (Å²) < 4.78 is 11.0. The highest BCUT2D eigenvalue weighted by molar-refractivity contribution is 5.90. The van der Waals surface area contributed by atoms with Crippen molar-refractivity contribution in [3.05, 3.63) is 48.5 Å². The number of unbranched alkanes of at least 4 members (excludes halogenated alkanes) is 1. The molecule has 0 bridgehead atoms. The molecule has 0 atom stereocenters. The summed E-state index contributed by atoms with van der Waals surface area (Å²) in [6, 6.07) is 14.4. The van der Waals surface area contributed by atoms with E-state index in [1.165, 1.54) is 0 Å². The number of nitrogens with one attached hydrogen (secondary N) is 1. The molecule has 0 saturated carbocycles. The number of carbonyl (C=O) groups is 2. The molecule has 25 heavy (non-hydrogen) atoms. The molecule has 0 saturated heterocycles. The molecular formula is C19H21NO5. The van der Waals surface area contributed by atoms with E-state index in [0.717, 1.165) is 0 Å². The Kier molecular flexibility index (Phi) is 6.83. The first kappa shape index (κ1) is 18.3. The summed E-state index contributed by atoms with van der Waals surface area (Å²) in [6.07, 6.45) is 1.43. The van der Waals surface area contributed by atoms with Crippen LogP contribution in [-0.2, 0) is 9.59 Å². The Balaban J connectivity index is 1.85. The van der Waals surface area contributed by atoms with Gasteiger partial charge in [-0.1, -0.05) is 12.1 Å². The zero-order valence-electron chi connectivity index (χ0n) is 14.0. The van der Waals surface area contributed by atoms with E-state index in [1.807, 2.05) is 24.3 Å². The lowest BCUT2D eigenvalue weighted by Crippen LogP contribution is -2.11. The maximum Gasteiger partial charge on any atom is 0.303 e. The zero-order chi connectivity index (χ0) is 18.1. The van der Waals surface area contributed by atoms with Crippen LogP contribution in [0.5, 0.6) is 17.2 Å². The van der Waals surface area contributed by atoms with Crippen LogP contribution in [0.3, 0.4) is 0 Å². The summed E-state index contributed by atoms with van der Waals surface area (Å²) in [5, 5.41) is 11.3. The molecule has 0 radical (unpaired) electrons. The molecule has 2 aromatic carbocycles. The predicted octanol–water partition coefficient (Wildman–Crippen LogP) is 4.07. The molecular weight excluding hydrogens is 322 g/mol. The summed E-state index contributed by atoms with van der Waals surface area (Å²) in [5.74, 6) is 0.903. The molecule has 1 amide bonds. The summed E-state index contributed by atoms with van der Waals surface area (Å²) in [4.78, 5) is 22.2. The highest BCUT2D eigenvalue weighted by atomic mass is 16.5. The van der Waals surface area contributed by atoms with Crippen LogP contribution in [0.15, 0.2) is 48.5 Å². The molecule has 132 valence electrons. The minimum atomic E-state index is -0.842. The minimum absolute atomic E-state index is 0.0856.